The van der Waals surface area contributed by atoms with Crippen molar-refractivity contribution in [3.8, 4) is 5.69 Å². The quantitative estimate of drug-likeness (QED) is 0.275. The summed E-state index contributed by atoms with van der Waals surface area (Å²) < 4.78 is 8.18. The number of hydrogen-bond donors (Lipinski definition) is 0. The number of ether oxygens (including phenoxy) is 1. The number of hydrogen-bond acceptors (Lipinski definition) is 6. The Labute approximate surface area is 154 Å². The molecular weight excluding hydrogens is 350 g/mol. The second-order valence-electron chi connectivity index (χ2n) is 5.63. The van der Waals surface area contributed by atoms with Gasteiger partial charge in [0.25, 0.3) is 0 Å². The van der Waals surface area contributed by atoms with E-state index in [2.05, 4.69) is 10.1 Å². The third kappa shape index (κ3) is 4.46. The van der Waals surface area contributed by atoms with Crippen LogP contribution in [0.1, 0.15) is 11.4 Å². The van der Waals surface area contributed by atoms with Crippen molar-refractivity contribution in [2.75, 3.05) is 6.61 Å². The molecule has 0 unspecified atom stereocenters. The molecule has 27 heavy (non-hydrogen) atoms. The number of imidazole rings is 1. The van der Waals surface area contributed by atoms with Crippen LogP contribution < -0.4 is 0 Å². The Balaban J connectivity index is 1.53. The summed E-state index contributed by atoms with van der Waals surface area (Å²) in [5, 5.41) is 15.1. The van der Waals surface area contributed by atoms with Crippen LogP contribution in [0, 0.1) is 17.0 Å². The van der Waals surface area contributed by atoms with E-state index in [0.717, 1.165) is 11.3 Å². The van der Waals surface area contributed by atoms with Crippen LogP contribution in [0.25, 0.3) is 11.8 Å². The van der Waals surface area contributed by atoms with Gasteiger partial charge in [-0.2, -0.15) is 5.10 Å². The molecule has 0 aliphatic carbocycles. The topological polar surface area (TPSA) is 105 Å². The fourth-order valence-electron chi connectivity index (χ4n) is 2.47. The molecule has 0 saturated carbocycles. The van der Waals surface area contributed by atoms with Crippen molar-refractivity contribution in [3.05, 3.63) is 76.5 Å². The van der Waals surface area contributed by atoms with Crippen LogP contribution in [0.3, 0.4) is 0 Å². The van der Waals surface area contributed by atoms with E-state index in [-0.39, 0.29) is 19.0 Å². The number of para-hydroxylation sites is 1. The van der Waals surface area contributed by atoms with Crippen molar-refractivity contribution >= 4 is 17.9 Å². The van der Waals surface area contributed by atoms with Crippen LogP contribution in [0.15, 0.2) is 55.0 Å². The largest absolute Gasteiger partial charge is 0.458 e. The first-order chi connectivity index (χ1) is 13.0. The molecule has 0 bridgehead atoms. The maximum Gasteiger partial charge on any atom is 0.342 e. The Kier molecular flexibility index (Phi) is 5.41. The van der Waals surface area contributed by atoms with Crippen LogP contribution in [0.2, 0.25) is 0 Å². The molecule has 0 saturated heterocycles. The van der Waals surface area contributed by atoms with E-state index >= 15 is 0 Å². The monoisotopic (exact) mass is 367 g/mol. The normalized spacial score (nSPS) is 11.0. The van der Waals surface area contributed by atoms with Gasteiger partial charge in [-0.05, 0) is 23.1 Å². The predicted molar refractivity (Wildman–Crippen MR) is 97.2 cm³/mol. The number of aryl methyl sites for hydroxylation is 1. The van der Waals surface area contributed by atoms with Gasteiger partial charge in [0.1, 0.15) is 19.3 Å². The highest BCUT2D eigenvalue weighted by Gasteiger charge is 2.17. The first kappa shape index (κ1) is 18.1. The SMILES string of the molecule is Cc1ncc([N+](=O)[O-])n1CCOC(=O)/C=C/c1cnn(-c2ccccc2)c1. The number of carbonyl (C=O) groups excluding carboxylic acids is 1. The zero-order valence-corrected chi connectivity index (χ0v) is 14.6. The van der Waals surface area contributed by atoms with Crippen molar-refractivity contribution in [2.24, 2.45) is 0 Å². The molecule has 0 aliphatic rings. The number of aromatic nitrogens is 4. The molecule has 0 fully saturated rings. The van der Waals surface area contributed by atoms with Gasteiger partial charge in [0.05, 0.1) is 11.9 Å². The molecule has 0 aliphatic heterocycles. The second kappa shape index (κ2) is 8.09. The van der Waals surface area contributed by atoms with Crippen LogP contribution in [0.5, 0.6) is 0 Å². The molecule has 9 heteroatoms. The average molecular weight is 367 g/mol. The molecular formula is C18H17N5O4. The summed E-state index contributed by atoms with van der Waals surface area (Å²) in [6.45, 7) is 1.82. The van der Waals surface area contributed by atoms with Gasteiger partial charge in [0.15, 0.2) is 5.82 Å². The van der Waals surface area contributed by atoms with Crippen LogP contribution >= 0.6 is 0 Å². The van der Waals surface area contributed by atoms with Gasteiger partial charge in [0.2, 0.25) is 0 Å². The van der Waals surface area contributed by atoms with E-state index in [4.69, 9.17) is 4.74 Å². The summed E-state index contributed by atoms with van der Waals surface area (Å²) in [6, 6.07) is 9.59. The molecule has 3 rings (SSSR count). The summed E-state index contributed by atoms with van der Waals surface area (Å²) in [7, 11) is 0. The van der Waals surface area contributed by atoms with Gasteiger partial charge in [-0.25, -0.2) is 19.0 Å². The van der Waals surface area contributed by atoms with Crippen molar-refractivity contribution < 1.29 is 14.5 Å². The molecule has 0 radical (unpaired) electrons. The molecule has 3 aromatic rings. The molecule has 0 spiro atoms. The van der Waals surface area contributed by atoms with Crippen molar-refractivity contribution in [3.63, 3.8) is 0 Å². The van der Waals surface area contributed by atoms with Gasteiger partial charge >= 0.3 is 11.8 Å². The molecule has 1 aromatic carbocycles. The zero-order chi connectivity index (χ0) is 19.2. The summed E-state index contributed by atoms with van der Waals surface area (Å²) in [6.07, 6.45) is 7.50. The van der Waals surface area contributed by atoms with Crippen LogP contribution in [0.4, 0.5) is 5.82 Å². The van der Waals surface area contributed by atoms with E-state index in [9.17, 15) is 14.9 Å². The van der Waals surface area contributed by atoms with Crippen molar-refractivity contribution in [1.29, 1.82) is 0 Å². The highest BCUT2D eigenvalue weighted by atomic mass is 16.6. The number of nitro groups is 1. The smallest absolute Gasteiger partial charge is 0.342 e. The van der Waals surface area contributed by atoms with Gasteiger partial charge in [-0.1, -0.05) is 18.2 Å². The summed E-state index contributed by atoms with van der Waals surface area (Å²) >= 11 is 0. The first-order valence-corrected chi connectivity index (χ1v) is 8.16. The minimum absolute atomic E-state index is 0.00445. The average Bonchev–Trinajstić information content (AvgIpc) is 3.28. The Morgan fingerprint density at radius 3 is 2.81 bits per heavy atom. The number of benzene rings is 1. The fraction of sp³-hybridized carbons (Fsp3) is 0.167. The van der Waals surface area contributed by atoms with Gasteiger partial charge < -0.3 is 14.9 Å². The maximum absolute atomic E-state index is 11.8. The molecule has 9 nitrogen and oxygen atoms in total. The Morgan fingerprint density at radius 2 is 2.07 bits per heavy atom. The Morgan fingerprint density at radius 1 is 1.30 bits per heavy atom. The minimum atomic E-state index is -0.539. The number of nitrogens with zero attached hydrogens (tertiary/aromatic N) is 5. The van der Waals surface area contributed by atoms with Gasteiger partial charge in [-0.3, -0.25) is 0 Å². The zero-order valence-electron chi connectivity index (χ0n) is 14.6. The summed E-state index contributed by atoms with van der Waals surface area (Å²) in [5.74, 6) is -0.183. The van der Waals surface area contributed by atoms with E-state index in [0.29, 0.717) is 5.82 Å². The Hall–Kier alpha value is -3.75. The van der Waals surface area contributed by atoms with Crippen LogP contribution in [-0.4, -0.2) is 36.8 Å². The number of esters is 1. The van der Waals surface area contributed by atoms with Gasteiger partial charge in [-0.15, -0.1) is 0 Å². The molecule has 0 amide bonds. The highest BCUT2D eigenvalue weighted by Crippen LogP contribution is 2.13. The molecule has 2 aromatic heterocycles. The lowest BCUT2D eigenvalue weighted by Gasteiger charge is -2.03. The maximum atomic E-state index is 11.8. The van der Waals surface area contributed by atoms with Crippen molar-refractivity contribution in [2.45, 2.75) is 13.5 Å². The lowest BCUT2D eigenvalue weighted by molar-refractivity contribution is -0.392. The lowest BCUT2D eigenvalue weighted by atomic mass is 10.3. The summed E-state index contributed by atoms with van der Waals surface area (Å²) in [5.41, 5.74) is 1.66. The van der Waals surface area contributed by atoms with E-state index in [1.54, 1.807) is 30.1 Å². The minimum Gasteiger partial charge on any atom is -0.458 e. The van der Waals surface area contributed by atoms with Crippen LogP contribution in [-0.2, 0) is 16.1 Å². The lowest BCUT2D eigenvalue weighted by Crippen LogP contribution is -2.12. The van der Waals surface area contributed by atoms with E-state index in [1.807, 2.05) is 30.3 Å². The molecule has 2 heterocycles. The number of carbonyl (C=O) groups is 1. The molecule has 138 valence electrons. The first-order valence-electron chi connectivity index (χ1n) is 8.16. The molecule has 0 atom stereocenters. The highest BCUT2D eigenvalue weighted by molar-refractivity contribution is 5.86. The second-order valence-corrected chi connectivity index (χ2v) is 5.63. The third-order valence-electron chi connectivity index (χ3n) is 3.82. The third-order valence-corrected chi connectivity index (χ3v) is 3.82. The number of rotatable bonds is 7. The van der Waals surface area contributed by atoms with E-state index < -0.39 is 10.9 Å². The fourth-order valence-corrected chi connectivity index (χ4v) is 2.47. The predicted octanol–water partition coefficient (Wildman–Crippen LogP) is 2.54. The standard InChI is InChI=1S/C18H17N5O4/c1-14-19-12-17(23(25)26)21(14)9-10-27-18(24)8-7-15-11-20-22(13-15)16-5-3-2-4-6-16/h2-8,11-13H,9-10H2,1H3/b8-7+. The Bertz CT molecular complexity index is 975. The van der Waals surface area contributed by atoms with E-state index in [1.165, 1.54) is 16.8 Å². The van der Waals surface area contributed by atoms with Crippen molar-refractivity contribution in [1.82, 2.24) is 19.3 Å². The molecule has 0 N–H and O–H groups in total. The summed E-state index contributed by atoms with van der Waals surface area (Å²) in [4.78, 5) is 26.1. The van der Waals surface area contributed by atoms with Gasteiger partial charge in [0, 0.05) is 24.8 Å².